The number of thiazole rings is 1. The van der Waals surface area contributed by atoms with Crippen molar-refractivity contribution in [3.05, 3.63) is 32.1 Å². The number of piperidine rings is 1. The maximum atomic E-state index is 12.6. The Balaban J connectivity index is 1.44. The van der Waals surface area contributed by atoms with Gasteiger partial charge < -0.3 is 20.3 Å². The molecular weight excluding hydrogens is 510 g/mol. The molecule has 4 rings (SSSR count). The van der Waals surface area contributed by atoms with Gasteiger partial charge in [0.05, 0.1) is 9.50 Å². The van der Waals surface area contributed by atoms with E-state index < -0.39 is 5.97 Å². The van der Waals surface area contributed by atoms with Gasteiger partial charge in [0.15, 0.2) is 11.0 Å². The normalized spacial score (nSPS) is 14.8. The van der Waals surface area contributed by atoms with Crippen LogP contribution in [0, 0.1) is 6.92 Å². The second-order valence-electron chi connectivity index (χ2n) is 7.17. The number of hydrogen-bond acceptors (Lipinski definition) is 7. The molecule has 1 fully saturated rings. The van der Waals surface area contributed by atoms with Gasteiger partial charge in [-0.15, -0.1) is 0 Å². The Morgan fingerprint density at radius 3 is 2.65 bits per heavy atom. The van der Waals surface area contributed by atoms with Crippen molar-refractivity contribution < 1.29 is 14.7 Å². The Hall–Kier alpha value is -2.44. The van der Waals surface area contributed by atoms with Gasteiger partial charge in [-0.1, -0.05) is 22.9 Å². The van der Waals surface area contributed by atoms with Crippen molar-refractivity contribution in [2.75, 3.05) is 18.0 Å². The summed E-state index contributed by atoms with van der Waals surface area (Å²) in [7, 11) is 1.69. The van der Waals surface area contributed by atoms with E-state index in [-0.39, 0.29) is 16.8 Å². The predicted octanol–water partition coefficient (Wildman–Crippen LogP) is 3.09. The topological polar surface area (TPSA) is 129 Å². The minimum atomic E-state index is -1.05. The maximum absolute atomic E-state index is 12.6. The highest BCUT2D eigenvalue weighted by Gasteiger charge is 2.28. The fraction of sp³-hybridized carbons (Fsp3) is 0.389. The van der Waals surface area contributed by atoms with E-state index in [0.29, 0.717) is 57.8 Å². The van der Waals surface area contributed by atoms with Gasteiger partial charge in [0.2, 0.25) is 0 Å². The summed E-state index contributed by atoms with van der Waals surface area (Å²) >= 11 is 10.6. The minimum Gasteiger partial charge on any atom is -0.477 e. The number of halogens is 2. The molecule has 0 bridgehead atoms. The molecule has 0 aromatic carbocycles. The zero-order valence-electron chi connectivity index (χ0n) is 16.6. The molecule has 1 saturated heterocycles. The number of aromatic carboxylic acids is 1. The number of rotatable bonds is 5. The lowest BCUT2D eigenvalue weighted by molar-refractivity contribution is 0.0702. The van der Waals surface area contributed by atoms with Crippen LogP contribution in [0.4, 0.5) is 5.13 Å². The molecular formula is C18H19BrClN7O3S. The van der Waals surface area contributed by atoms with Crippen LogP contribution >= 0.6 is 38.9 Å². The van der Waals surface area contributed by atoms with Crippen molar-refractivity contribution in [1.29, 1.82) is 0 Å². The maximum Gasteiger partial charge on any atom is 0.348 e. The van der Waals surface area contributed by atoms with Crippen molar-refractivity contribution in [3.8, 4) is 11.5 Å². The van der Waals surface area contributed by atoms with Crippen molar-refractivity contribution in [1.82, 2.24) is 30.0 Å². The Bertz CT molecular complexity index is 1150. The van der Waals surface area contributed by atoms with E-state index >= 15 is 0 Å². The Morgan fingerprint density at radius 2 is 2.10 bits per heavy atom. The van der Waals surface area contributed by atoms with E-state index in [9.17, 15) is 14.7 Å². The third kappa shape index (κ3) is 4.19. The van der Waals surface area contributed by atoms with E-state index in [1.807, 2.05) is 4.90 Å². The fourth-order valence-corrected chi connectivity index (χ4v) is 5.12. The van der Waals surface area contributed by atoms with Crippen LogP contribution in [0.1, 0.15) is 38.7 Å². The van der Waals surface area contributed by atoms with Gasteiger partial charge in [-0.25, -0.2) is 19.4 Å². The lowest BCUT2D eigenvalue weighted by Gasteiger charge is -2.32. The number of amides is 1. The summed E-state index contributed by atoms with van der Waals surface area (Å²) < 4.78 is 2.06. The molecule has 0 spiro atoms. The van der Waals surface area contributed by atoms with Crippen molar-refractivity contribution >= 4 is 55.9 Å². The SMILES string of the molecule is Cc1[nH]c(C(=O)NC2CCN(c3nc(-c4ncnn4C)c(C(=O)O)s3)CC2)c(Br)c1Cl. The summed E-state index contributed by atoms with van der Waals surface area (Å²) in [6.45, 7) is 3.08. The van der Waals surface area contributed by atoms with Crippen LogP contribution in [0.15, 0.2) is 10.8 Å². The van der Waals surface area contributed by atoms with E-state index in [4.69, 9.17) is 11.6 Å². The molecule has 1 aliphatic rings. The summed E-state index contributed by atoms with van der Waals surface area (Å²) in [6, 6.07) is -0.00449. The first-order chi connectivity index (χ1) is 14.8. The molecule has 3 aromatic heterocycles. The van der Waals surface area contributed by atoms with Gasteiger partial charge in [-0.05, 0) is 35.7 Å². The number of hydrogen-bond donors (Lipinski definition) is 3. The van der Waals surface area contributed by atoms with Crippen LogP contribution in [0.5, 0.6) is 0 Å². The monoisotopic (exact) mass is 527 g/mol. The third-order valence-corrected chi connectivity index (χ3v) is 7.71. The first-order valence-electron chi connectivity index (χ1n) is 9.44. The molecule has 0 atom stereocenters. The summed E-state index contributed by atoms with van der Waals surface area (Å²) in [5.74, 6) is -0.853. The molecule has 0 aliphatic carbocycles. The van der Waals surface area contributed by atoms with Crippen molar-refractivity contribution in [2.45, 2.75) is 25.8 Å². The van der Waals surface area contributed by atoms with Gasteiger partial charge in [0, 0.05) is 31.9 Å². The average Bonchev–Trinajstić information content (AvgIpc) is 3.43. The third-order valence-electron chi connectivity index (χ3n) is 5.11. The summed E-state index contributed by atoms with van der Waals surface area (Å²) in [5, 5.41) is 17.7. The molecule has 10 nitrogen and oxygen atoms in total. The number of carboxylic acid groups (broad SMARTS) is 1. The van der Waals surface area contributed by atoms with Gasteiger partial charge in [0.25, 0.3) is 5.91 Å². The Kier molecular flexibility index (Phi) is 6.04. The zero-order chi connectivity index (χ0) is 22.3. The highest BCUT2D eigenvalue weighted by atomic mass is 79.9. The summed E-state index contributed by atoms with van der Waals surface area (Å²) in [5.41, 5.74) is 1.45. The van der Waals surface area contributed by atoms with Crippen LogP contribution in [-0.4, -0.2) is 60.8 Å². The Morgan fingerprint density at radius 1 is 1.39 bits per heavy atom. The number of aromatic nitrogens is 5. The van der Waals surface area contributed by atoms with Gasteiger partial charge in [0.1, 0.15) is 22.6 Å². The van der Waals surface area contributed by atoms with Gasteiger partial charge in [-0.3, -0.25) is 4.79 Å². The van der Waals surface area contributed by atoms with Gasteiger partial charge in [-0.2, -0.15) is 5.10 Å². The lowest BCUT2D eigenvalue weighted by atomic mass is 10.1. The van der Waals surface area contributed by atoms with Crippen LogP contribution in [0.3, 0.4) is 0 Å². The fourth-order valence-electron chi connectivity index (χ4n) is 3.45. The largest absolute Gasteiger partial charge is 0.477 e. The quantitative estimate of drug-likeness (QED) is 0.464. The highest BCUT2D eigenvalue weighted by Crippen LogP contribution is 2.34. The highest BCUT2D eigenvalue weighted by molar-refractivity contribution is 9.10. The summed E-state index contributed by atoms with van der Waals surface area (Å²) in [4.78, 5) is 38.1. The van der Waals surface area contributed by atoms with Gasteiger partial charge >= 0.3 is 5.97 Å². The molecule has 0 unspecified atom stereocenters. The standard InChI is InChI=1S/C18H19BrClN7O3S/c1-8-11(20)10(19)12(23-8)16(28)24-9-3-5-27(6-4-9)18-25-13(14(31-18)17(29)30)15-21-7-22-26(15)2/h7,9,23H,3-6H2,1-2H3,(H,24,28)(H,29,30). The van der Waals surface area contributed by atoms with Crippen LogP contribution in [0.25, 0.3) is 11.5 Å². The Labute approximate surface area is 194 Å². The molecule has 3 aromatic rings. The summed E-state index contributed by atoms with van der Waals surface area (Å²) in [6.07, 6.45) is 2.78. The number of carboxylic acids is 1. The molecule has 0 radical (unpaired) electrons. The second kappa shape index (κ2) is 8.60. The first kappa shape index (κ1) is 21.8. The number of nitrogens with zero attached hydrogens (tertiary/aromatic N) is 5. The van der Waals surface area contributed by atoms with Crippen LogP contribution in [-0.2, 0) is 7.05 Å². The first-order valence-corrected chi connectivity index (χ1v) is 11.4. The minimum absolute atomic E-state index is 0.00449. The van der Waals surface area contributed by atoms with Crippen LogP contribution in [0.2, 0.25) is 5.02 Å². The molecule has 0 saturated carbocycles. The van der Waals surface area contributed by atoms with Crippen molar-refractivity contribution in [2.24, 2.45) is 7.05 Å². The second-order valence-corrected chi connectivity index (χ2v) is 9.32. The number of nitrogens with one attached hydrogen (secondary N) is 2. The van der Waals surface area contributed by atoms with Crippen molar-refractivity contribution in [3.63, 3.8) is 0 Å². The molecule has 4 heterocycles. The number of carbonyl (C=O) groups is 2. The van der Waals surface area contributed by atoms with E-state index in [2.05, 4.69) is 41.3 Å². The molecule has 3 N–H and O–H groups in total. The molecule has 1 aliphatic heterocycles. The number of carbonyl (C=O) groups excluding carboxylic acids is 1. The number of aromatic amines is 1. The van der Waals surface area contributed by atoms with E-state index in [0.717, 1.165) is 17.0 Å². The smallest absolute Gasteiger partial charge is 0.348 e. The molecule has 1 amide bonds. The zero-order valence-corrected chi connectivity index (χ0v) is 19.8. The number of anilines is 1. The molecule has 13 heteroatoms. The van der Waals surface area contributed by atoms with E-state index in [1.165, 1.54) is 11.0 Å². The number of aryl methyl sites for hydroxylation is 2. The average molecular weight is 529 g/mol. The lowest BCUT2D eigenvalue weighted by Crippen LogP contribution is -2.44. The predicted molar refractivity (Wildman–Crippen MR) is 120 cm³/mol. The van der Waals surface area contributed by atoms with Crippen LogP contribution < -0.4 is 10.2 Å². The van der Waals surface area contributed by atoms with E-state index in [1.54, 1.807) is 14.0 Å². The number of H-pyrrole nitrogens is 1. The molecule has 31 heavy (non-hydrogen) atoms. The molecule has 164 valence electrons.